The van der Waals surface area contributed by atoms with Crippen LogP contribution in [0.3, 0.4) is 0 Å². The molecule has 0 amide bonds. The van der Waals surface area contributed by atoms with Crippen molar-refractivity contribution in [3.63, 3.8) is 0 Å². The second-order valence-corrected chi connectivity index (χ2v) is 1.35. The second kappa shape index (κ2) is 8.84. The molecule has 0 atom stereocenters. The molecule has 0 aromatic carbocycles. The maximum atomic E-state index is 10.6. The van der Waals surface area contributed by atoms with Gasteiger partial charge in [-0.3, -0.25) is 0 Å². The van der Waals surface area contributed by atoms with Crippen molar-refractivity contribution in [1.82, 2.24) is 0 Å². The van der Waals surface area contributed by atoms with Crippen molar-refractivity contribution in [2.75, 3.05) is 0 Å². The summed E-state index contributed by atoms with van der Waals surface area (Å²) in [6.07, 6.45) is 0.556. The van der Waals surface area contributed by atoms with Crippen LogP contribution < -0.4 is 17.0 Å². The molecule has 0 radical (unpaired) electrons. The second-order valence-electron chi connectivity index (χ2n) is 0.362. The normalized spacial score (nSPS) is 7.80. The fourth-order valence-electron chi connectivity index (χ4n) is 0. The van der Waals surface area contributed by atoms with Gasteiger partial charge in [-0.05, 0) is 0 Å². The molecular formula is C2H2BrFZn. The van der Waals surface area contributed by atoms with E-state index < -0.39 is 0 Å². The Balaban J connectivity index is 0. The minimum absolute atomic E-state index is 0. The van der Waals surface area contributed by atoms with Crippen LogP contribution in [0.25, 0.3) is 0 Å². The molecule has 0 unspecified atom stereocenters. The zero-order valence-electron chi connectivity index (χ0n) is 2.62. The van der Waals surface area contributed by atoms with Gasteiger partial charge in [0.2, 0.25) is 0 Å². The number of rotatable bonds is 0. The van der Waals surface area contributed by atoms with Crippen LogP contribution in [0.1, 0.15) is 0 Å². The summed E-state index contributed by atoms with van der Waals surface area (Å²) in [5, 5.41) is 0. The van der Waals surface area contributed by atoms with Gasteiger partial charge in [0, 0.05) is 0 Å². The van der Waals surface area contributed by atoms with Crippen molar-refractivity contribution in [3.05, 3.63) is 11.0 Å². The first kappa shape index (κ1) is 9.24. The van der Waals surface area contributed by atoms with Gasteiger partial charge in [0.15, 0.2) is 0 Å². The van der Waals surface area contributed by atoms with E-state index in [-0.39, 0.29) is 17.0 Å². The number of hydrogen-bond donors (Lipinski definition) is 0. The standard InChI is InChI=1S/C2H2F.BrH.Zn/c1-2-3;;/h1-2H;1H;/q;;+1/p-1. The molecule has 26 valence electrons. The van der Waals surface area contributed by atoms with Gasteiger partial charge in [-0.1, -0.05) is 0 Å². The first-order valence-electron chi connectivity index (χ1n) is 0.960. The van der Waals surface area contributed by atoms with Crippen molar-refractivity contribution < 1.29 is 39.7 Å². The molecule has 3 heteroatoms. The summed E-state index contributed by atoms with van der Waals surface area (Å²) in [4.78, 5) is 0. The van der Waals surface area contributed by atoms with E-state index in [1.54, 1.807) is 0 Å². The molecule has 5 heavy (non-hydrogen) atoms. The van der Waals surface area contributed by atoms with Gasteiger partial charge in [-0.15, -0.1) is 0 Å². The monoisotopic (exact) mass is 188 g/mol. The third-order valence-corrected chi connectivity index (χ3v) is 0.463. The van der Waals surface area contributed by atoms with Crippen molar-refractivity contribution in [3.8, 4) is 0 Å². The van der Waals surface area contributed by atoms with E-state index in [0.717, 1.165) is 18.3 Å². The molecule has 0 heterocycles. The van der Waals surface area contributed by atoms with Crippen molar-refractivity contribution in [1.29, 1.82) is 0 Å². The third kappa shape index (κ3) is 11.7. The van der Waals surface area contributed by atoms with Gasteiger partial charge < -0.3 is 17.0 Å². The molecule has 0 fully saturated rings. The molecule has 0 rings (SSSR count). The molecule has 0 aromatic heterocycles. The van der Waals surface area contributed by atoms with Gasteiger partial charge in [0.1, 0.15) is 0 Å². The van der Waals surface area contributed by atoms with E-state index in [1.165, 1.54) is 4.67 Å². The summed E-state index contributed by atoms with van der Waals surface area (Å²) in [6, 6.07) is 0. The van der Waals surface area contributed by atoms with Crippen molar-refractivity contribution in [2.24, 2.45) is 0 Å². The van der Waals surface area contributed by atoms with E-state index in [1.807, 2.05) is 0 Å². The molecule has 0 aliphatic heterocycles. The largest absolute Gasteiger partial charge is 1.00 e. The number of hydrogen-bond acceptors (Lipinski definition) is 0. The molecule has 0 nitrogen and oxygen atoms in total. The summed E-state index contributed by atoms with van der Waals surface area (Å²) >= 11 is 0.913. The van der Waals surface area contributed by atoms with E-state index in [0.29, 0.717) is 6.33 Å². The Bertz CT molecular complexity index is 24.8. The van der Waals surface area contributed by atoms with Crippen LogP contribution in [0.2, 0.25) is 0 Å². The SMILES string of the molecule is FC=[CH][Zn+].[Br-]. The van der Waals surface area contributed by atoms with Crippen LogP contribution in [0.4, 0.5) is 4.39 Å². The first-order valence-corrected chi connectivity index (χ1v) is 2.67. The molecule has 0 N–H and O–H groups in total. The minimum Gasteiger partial charge on any atom is -1.00 e. The fraction of sp³-hybridized carbons (Fsp3) is 0. The van der Waals surface area contributed by atoms with E-state index in [9.17, 15) is 4.39 Å². The Morgan fingerprint density at radius 1 is 1.60 bits per heavy atom. The Hall–Kier alpha value is 0.773. The summed E-state index contributed by atoms with van der Waals surface area (Å²) in [5.74, 6) is 0. The zero-order valence-corrected chi connectivity index (χ0v) is 7.17. The minimum atomic E-state index is 0. The summed E-state index contributed by atoms with van der Waals surface area (Å²) < 4.78 is 12.0. The molecule has 0 bridgehead atoms. The Labute approximate surface area is 50.9 Å². The van der Waals surface area contributed by atoms with Crippen LogP contribution in [-0.2, 0) is 18.3 Å². The van der Waals surface area contributed by atoms with Gasteiger partial charge in [-0.2, -0.15) is 0 Å². The quantitative estimate of drug-likeness (QED) is 0.387. The van der Waals surface area contributed by atoms with Crippen LogP contribution in [0.5, 0.6) is 0 Å². The molecule has 0 aliphatic carbocycles. The van der Waals surface area contributed by atoms with Crippen molar-refractivity contribution >= 4 is 0 Å². The summed E-state index contributed by atoms with van der Waals surface area (Å²) in [7, 11) is 0. The molecule has 0 aromatic rings. The maximum Gasteiger partial charge on any atom is -1.00 e. The van der Waals surface area contributed by atoms with Gasteiger partial charge in [0.25, 0.3) is 0 Å². The van der Waals surface area contributed by atoms with E-state index in [2.05, 4.69) is 0 Å². The van der Waals surface area contributed by atoms with Crippen LogP contribution in [-0.4, -0.2) is 0 Å². The van der Waals surface area contributed by atoms with Crippen molar-refractivity contribution in [2.45, 2.75) is 0 Å². The Morgan fingerprint density at radius 2 is 1.80 bits per heavy atom. The third-order valence-electron chi connectivity index (χ3n) is 0.0891. The van der Waals surface area contributed by atoms with Crippen LogP contribution in [0, 0.1) is 0 Å². The first-order chi connectivity index (χ1) is 1.91. The van der Waals surface area contributed by atoms with Gasteiger partial charge in [-0.25, -0.2) is 0 Å². The van der Waals surface area contributed by atoms with Gasteiger partial charge in [0.05, 0.1) is 0 Å². The average molecular weight is 190 g/mol. The predicted octanol–water partition coefficient (Wildman–Crippen LogP) is -2.02. The van der Waals surface area contributed by atoms with Crippen LogP contribution >= 0.6 is 0 Å². The molecule has 0 saturated carbocycles. The fourth-order valence-corrected chi connectivity index (χ4v) is 0. The smallest absolute Gasteiger partial charge is 1.00 e. The number of halogens is 2. The summed E-state index contributed by atoms with van der Waals surface area (Å²) in [5.41, 5.74) is 0. The molecule has 0 saturated heterocycles. The predicted molar refractivity (Wildman–Crippen MR) is 10.2 cm³/mol. The average Bonchev–Trinajstić information content (AvgIpc) is 1.37. The van der Waals surface area contributed by atoms with Crippen LogP contribution in [0.15, 0.2) is 11.0 Å². The van der Waals surface area contributed by atoms with E-state index >= 15 is 0 Å². The van der Waals surface area contributed by atoms with E-state index in [4.69, 9.17) is 0 Å². The maximum absolute atomic E-state index is 10.6. The zero-order chi connectivity index (χ0) is 3.41. The Morgan fingerprint density at radius 3 is 1.80 bits per heavy atom. The Kier molecular flexibility index (Phi) is 16.3. The molecule has 0 aliphatic rings. The topological polar surface area (TPSA) is 0 Å². The van der Waals surface area contributed by atoms with Gasteiger partial charge >= 0.3 is 33.7 Å². The summed E-state index contributed by atoms with van der Waals surface area (Å²) in [6.45, 7) is 0. The molecule has 0 spiro atoms. The molecular weight excluding hydrogens is 188 g/mol.